The lowest BCUT2D eigenvalue weighted by Gasteiger charge is -2.11. The van der Waals surface area contributed by atoms with Crippen LogP contribution in [0.1, 0.15) is 0 Å². The number of fused-ring (bicyclic) bond motifs is 5. The van der Waals surface area contributed by atoms with Crippen LogP contribution in [0.5, 0.6) is 0 Å². The Hall–Kier alpha value is -2.37. The predicted molar refractivity (Wildman–Crippen MR) is 98.6 cm³/mol. The number of hydrogen-bond donors (Lipinski definition) is 4. The first-order valence-electron chi connectivity index (χ1n) is 7.66. The number of benzene rings is 4. The topological polar surface area (TPSA) is 80.9 Å². The molecule has 0 aromatic heterocycles. The molecular formula is C18H14B2O4. The Morgan fingerprint density at radius 1 is 0.500 bits per heavy atom. The Morgan fingerprint density at radius 2 is 0.875 bits per heavy atom. The quantitative estimate of drug-likeness (QED) is 0.321. The number of hydrogen-bond acceptors (Lipinski definition) is 4. The van der Waals surface area contributed by atoms with E-state index in [1.165, 1.54) is 0 Å². The molecule has 0 heterocycles. The molecule has 116 valence electrons. The SMILES string of the molecule is OB(O)c1ccc2ccc3ccc4ccc(B(O)O)cc4c3c2c1. The summed E-state index contributed by atoms with van der Waals surface area (Å²) in [7, 11) is -3.07. The second kappa shape index (κ2) is 5.61. The van der Waals surface area contributed by atoms with Gasteiger partial charge in [0.05, 0.1) is 0 Å². The maximum Gasteiger partial charge on any atom is 0.488 e. The van der Waals surface area contributed by atoms with Crippen LogP contribution in [0.4, 0.5) is 0 Å². The molecule has 4 nitrogen and oxygen atoms in total. The van der Waals surface area contributed by atoms with E-state index in [1.807, 2.05) is 36.4 Å². The fourth-order valence-electron chi connectivity index (χ4n) is 3.23. The summed E-state index contributed by atoms with van der Waals surface area (Å²) in [5.41, 5.74) is 0.843. The van der Waals surface area contributed by atoms with E-state index >= 15 is 0 Å². The summed E-state index contributed by atoms with van der Waals surface area (Å²) in [6, 6.07) is 18.6. The molecule has 0 amide bonds. The third-order valence-electron chi connectivity index (χ3n) is 4.46. The van der Waals surface area contributed by atoms with E-state index in [0.717, 1.165) is 32.3 Å². The van der Waals surface area contributed by atoms with Crippen molar-refractivity contribution in [2.24, 2.45) is 0 Å². The van der Waals surface area contributed by atoms with Crippen LogP contribution in [0.15, 0.2) is 60.7 Å². The molecule has 0 unspecified atom stereocenters. The van der Waals surface area contributed by atoms with Gasteiger partial charge in [0.1, 0.15) is 0 Å². The molecule has 24 heavy (non-hydrogen) atoms. The standard InChI is InChI=1S/C18H14B2O4/c21-19(22)14-7-5-11-1-3-13-4-2-12-6-8-15(20(23)24)10-17(12)18(13)16(11)9-14/h1-10,21-24H. The van der Waals surface area contributed by atoms with Gasteiger partial charge < -0.3 is 20.1 Å². The van der Waals surface area contributed by atoms with Crippen molar-refractivity contribution in [3.8, 4) is 0 Å². The van der Waals surface area contributed by atoms with E-state index in [-0.39, 0.29) is 0 Å². The maximum absolute atomic E-state index is 9.47. The van der Waals surface area contributed by atoms with Crippen molar-refractivity contribution in [3.05, 3.63) is 60.7 Å². The predicted octanol–water partition coefficient (Wildman–Crippen LogP) is 0.506. The fourth-order valence-corrected chi connectivity index (χ4v) is 3.23. The van der Waals surface area contributed by atoms with Gasteiger partial charge in [-0.3, -0.25) is 0 Å². The molecule has 0 fully saturated rings. The summed E-state index contributed by atoms with van der Waals surface area (Å²) in [6.07, 6.45) is 0. The van der Waals surface area contributed by atoms with Crippen molar-refractivity contribution in [2.75, 3.05) is 0 Å². The summed E-state index contributed by atoms with van der Waals surface area (Å²) < 4.78 is 0. The average molecular weight is 316 g/mol. The minimum absolute atomic E-state index is 0.422. The lowest BCUT2D eigenvalue weighted by Crippen LogP contribution is -2.29. The molecule has 0 saturated carbocycles. The van der Waals surface area contributed by atoms with E-state index < -0.39 is 14.2 Å². The Balaban J connectivity index is 2.19. The van der Waals surface area contributed by atoms with Crippen molar-refractivity contribution < 1.29 is 20.1 Å². The molecule has 0 aliphatic rings. The van der Waals surface area contributed by atoms with Crippen LogP contribution in [0.2, 0.25) is 0 Å². The van der Waals surface area contributed by atoms with E-state index in [0.29, 0.717) is 10.9 Å². The molecule has 6 heteroatoms. The molecule has 0 saturated heterocycles. The highest BCUT2D eigenvalue weighted by molar-refractivity contribution is 6.59. The Morgan fingerprint density at radius 3 is 1.29 bits per heavy atom. The minimum atomic E-state index is -1.53. The first kappa shape index (κ1) is 15.2. The van der Waals surface area contributed by atoms with Crippen molar-refractivity contribution in [1.82, 2.24) is 0 Å². The van der Waals surface area contributed by atoms with E-state index in [9.17, 15) is 20.1 Å². The van der Waals surface area contributed by atoms with Gasteiger partial charge in [-0.1, -0.05) is 60.7 Å². The fraction of sp³-hybridized carbons (Fsp3) is 0. The van der Waals surface area contributed by atoms with Crippen molar-refractivity contribution >= 4 is 57.5 Å². The Labute approximate surface area is 138 Å². The summed E-state index contributed by atoms with van der Waals surface area (Å²) >= 11 is 0. The largest absolute Gasteiger partial charge is 0.488 e. The molecule has 4 aromatic rings. The van der Waals surface area contributed by atoms with Gasteiger partial charge in [0.25, 0.3) is 0 Å². The average Bonchev–Trinajstić information content (AvgIpc) is 2.59. The Bertz CT molecular complexity index is 994. The first-order valence-corrected chi connectivity index (χ1v) is 7.66. The molecule has 0 spiro atoms. The van der Waals surface area contributed by atoms with Crippen molar-refractivity contribution in [1.29, 1.82) is 0 Å². The second-order valence-corrected chi connectivity index (χ2v) is 5.94. The highest BCUT2D eigenvalue weighted by atomic mass is 16.4. The van der Waals surface area contributed by atoms with Gasteiger partial charge >= 0.3 is 14.2 Å². The van der Waals surface area contributed by atoms with Crippen LogP contribution >= 0.6 is 0 Å². The molecule has 0 aliphatic heterocycles. The third kappa shape index (κ3) is 2.37. The molecule has 0 atom stereocenters. The molecule has 4 aromatic carbocycles. The van der Waals surface area contributed by atoms with Gasteiger partial charge in [0, 0.05) is 0 Å². The summed E-state index contributed by atoms with van der Waals surface area (Å²) in [6.45, 7) is 0. The van der Waals surface area contributed by atoms with Gasteiger partial charge in [0.15, 0.2) is 0 Å². The summed E-state index contributed by atoms with van der Waals surface area (Å²) in [5, 5.41) is 43.6. The minimum Gasteiger partial charge on any atom is -0.423 e. The molecular weight excluding hydrogens is 302 g/mol. The van der Waals surface area contributed by atoms with Gasteiger partial charge in [-0.2, -0.15) is 0 Å². The normalized spacial score (nSPS) is 11.3. The molecule has 0 radical (unpaired) electrons. The van der Waals surface area contributed by atoms with Gasteiger partial charge in [-0.15, -0.1) is 0 Å². The van der Waals surface area contributed by atoms with Gasteiger partial charge in [-0.05, 0) is 43.2 Å². The smallest absolute Gasteiger partial charge is 0.423 e. The zero-order chi connectivity index (χ0) is 16.8. The zero-order valence-corrected chi connectivity index (χ0v) is 12.7. The molecule has 4 N–H and O–H groups in total. The lowest BCUT2D eigenvalue weighted by molar-refractivity contribution is 0.424. The maximum atomic E-state index is 9.47. The van der Waals surface area contributed by atoms with Crippen molar-refractivity contribution in [3.63, 3.8) is 0 Å². The zero-order valence-electron chi connectivity index (χ0n) is 12.7. The van der Waals surface area contributed by atoms with Gasteiger partial charge in [-0.25, -0.2) is 0 Å². The lowest BCUT2D eigenvalue weighted by atomic mass is 9.77. The highest BCUT2D eigenvalue weighted by Crippen LogP contribution is 2.31. The highest BCUT2D eigenvalue weighted by Gasteiger charge is 2.15. The van der Waals surface area contributed by atoms with Crippen molar-refractivity contribution in [2.45, 2.75) is 0 Å². The third-order valence-corrected chi connectivity index (χ3v) is 4.46. The molecule has 0 aliphatic carbocycles. The van der Waals surface area contributed by atoms with Crippen LogP contribution < -0.4 is 10.9 Å². The van der Waals surface area contributed by atoms with Crippen LogP contribution in [0.3, 0.4) is 0 Å². The van der Waals surface area contributed by atoms with Crippen LogP contribution in [0, 0.1) is 0 Å². The number of rotatable bonds is 2. The van der Waals surface area contributed by atoms with Crippen LogP contribution in [-0.4, -0.2) is 34.3 Å². The Kier molecular flexibility index (Phi) is 3.55. The van der Waals surface area contributed by atoms with E-state index in [1.54, 1.807) is 24.3 Å². The van der Waals surface area contributed by atoms with E-state index in [4.69, 9.17) is 0 Å². The summed E-state index contributed by atoms with van der Waals surface area (Å²) in [4.78, 5) is 0. The van der Waals surface area contributed by atoms with Gasteiger partial charge in [0.2, 0.25) is 0 Å². The first-order chi connectivity index (χ1) is 11.5. The summed E-state index contributed by atoms with van der Waals surface area (Å²) in [5.74, 6) is 0. The second-order valence-electron chi connectivity index (χ2n) is 5.94. The molecule has 0 bridgehead atoms. The molecule has 4 rings (SSSR count). The van der Waals surface area contributed by atoms with Crippen LogP contribution in [-0.2, 0) is 0 Å². The van der Waals surface area contributed by atoms with E-state index in [2.05, 4.69) is 0 Å². The monoisotopic (exact) mass is 316 g/mol. The van der Waals surface area contributed by atoms with Crippen LogP contribution in [0.25, 0.3) is 32.3 Å².